The van der Waals surface area contributed by atoms with Crippen LogP contribution in [0.25, 0.3) is 11.1 Å². The predicted molar refractivity (Wildman–Crippen MR) is 176 cm³/mol. The van der Waals surface area contributed by atoms with Gasteiger partial charge in [-0.2, -0.15) is 18.3 Å². The third-order valence-corrected chi connectivity index (χ3v) is 8.85. The molecule has 0 aliphatic carbocycles. The number of benzene rings is 1. The highest BCUT2D eigenvalue weighted by molar-refractivity contribution is 5.76. The lowest BCUT2D eigenvalue weighted by molar-refractivity contribution is -0.141. The third kappa shape index (κ3) is 7.38. The molecule has 1 amide bonds. The Kier molecular flexibility index (Phi) is 9.12. The van der Waals surface area contributed by atoms with Crippen LogP contribution in [0.2, 0.25) is 0 Å². The van der Waals surface area contributed by atoms with Crippen LogP contribution < -0.4 is 9.64 Å². The molecule has 6 rings (SSSR count). The van der Waals surface area contributed by atoms with Crippen LogP contribution in [-0.4, -0.2) is 78.8 Å². The molecule has 1 N–H and O–H groups in total. The zero-order valence-corrected chi connectivity index (χ0v) is 28.5. The molecule has 1 fully saturated rings. The molecule has 14 heteroatoms. The summed E-state index contributed by atoms with van der Waals surface area (Å²) >= 11 is 0. The summed E-state index contributed by atoms with van der Waals surface area (Å²) in [5.74, 6) is 0.583. The fourth-order valence-electron chi connectivity index (χ4n) is 6.30. The van der Waals surface area contributed by atoms with E-state index in [2.05, 4.69) is 15.0 Å². The largest absolute Gasteiger partial charge is 0.492 e. The van der Waals surface area contributed by atoms with Gasteiger partial charge in [0, 0.05) is 80.1 Å². The Morgan fingerprint density at radius 2 is 1.90 bits per heavy atom. The number of ether oxygens (including phenoxy) is 2. The molecule has 1 saturated heterocycles. The number of aryl methyl sites for hydroxylation is 2. The Hall–Kier alpha value is -4.59. The minimum absolute atomic E-state index is 0.0151. The Morgan fingerprint density at radius 1 is 1.14 bits per heavy atom. The molecular formula is C35H42F3N7O4. The highest BCUT2D eigenvalue weighted by Crippen LogP contribution is 2.47. The van der Waals surface area contributed by atoms with Crippen LogP contribution in [0.1, 0.15) is 61.9 Å². The molecule has 1 aromatic carbocycles. The second kappa shape index (κ2) is 13.0. The summed E-state index contributed by atoms with van der Waals surface area (Å²) in [6.45, 7) is 11.1. The van der Waals surface area contributed by atoms with E-state index in [9.17, 15) is 23.1 Å². The number of halogens is 3. The number of nitrogens with zero attached hydrogens (tertiary/aromatic N) is 7. The van der Waals surface area contributed by atoms with E-state index in [0.717, 1.165) is 17.1 Å². The number of hydrogen-bond acceptors (Lipinski definition) is 8. The van der Waals surface area contributed by atoms with Gasteiger partial charge >= 0.3 is 12.3 Å². The lowest BCUT2D eigenvalue weighted by atomic mass is 9.86. The van der Waals surface area contributed by atoms with Gasteiger partial charge in [0.25, 0.3) is 0 Å². The summed E-state index contributed by atoms with van der Waals surface area (Å²) in [6, 6.07) is 7.40. The number of carbonyl (C=O) groups is 1. The lowest BCUT2D eigenvalue weighted by Crippen LogP contribution is -2.60. The molecule has 2 aliphatic rings. The van der Waals surface area contributed by atoms with Gasteiger partial charge in [0.15, 0.2) is 5.69 Å². The van der Waals surface area contributed by atoms with E-state index in [-0.39, 0.29) is 42.2 Å². The van der Waals surface area contributed by atoms with Gasteiger partial charge in [-0.3, -0.25) is 4.68 Å². The standard InChI is InChI=1S/C35H42F3N7O4/c1-7-45-18-28(32(41-45)35(36,37)38)26-12-22(15-43-9-8-39-20-43)13-27-30(46)23(19-48-31(26)27)14-24-10-21(2)11-29(40-24)44-16-25(17-44)42(6)33(47)49-34(3,4)5/h8-13,18,20,23,25,30,46H,7,14-17,19H2,1-6H3/t23-,30-/m1/s1. The number of likely N-dealkylation sites (N-methyl/N-ethyl adjacent to an activating group) is 1. The molecule has 0 bridgehead atoms. The number of hydrogen-bond donors (Lipinski definition) is 1. The van der Waals surface area contributed by atoms with Gasteiger partial charge in [-0.1, -0.05) is 0 Å². The number of aliphatic hydroxyl groups is 1. The maximum atomic E-state index is 14.2. The maximum absolute atomic E-state index is 14.2. The monoisotopic (exact) mass is 681 g/mol. The van der Waals surface area contributed by atoms with Crippen molar-refractivity contribution in [2.75, 3.05) is 31.6 Å². The Labute approximate surface area is 283 Å². The Morgan fingerprint density at radius 3 is 2.55 bits per heavy atom. The van der Waals surface area contributed by atoms with Crippen molar-refractivity contribution in [3.8, 4) is 16.9 Å². The van der Waals surface area contributed by atoms with Crippen molar-refractivity contribution < 1.29 is 32.5 Å². The summed E-state index contributed by atoms with van der Waals surface area (Å²) in [7, 11) is 1.74. The van der Waals surface area contributed by atoms with E-state index in [1.165, 1.54) is 10.9 Å². The molecule has 11 nitrogen and oxygen atoms in total. The molecule has 262 valence electrons. The lowest BCUT2D eigenvalue weighted by Gasteiger charge is -2.44. The number of fused-ring (bicyclic) bond motifs is 1. The number of aromatic nitrogens is 5. The van der Waals surface area contributed by atoms with Crippen molar-refractivity contribution in [3.63, 3.8) is 0 Å². The van der Waals surface area contributed by atoms with Crippen LogP contribution in [-0.2, 0) is 30.4 Å². The fraction of sp³-hybridized carbons (Fsp3) is 0.486. The highest BCUT2D eigenvalue weighted by Gasteiger charge is 2.40. The van der Waals surface area contributed by atoms with Gasteiger partial charge in [0.05, 0.1) is 25.1 Å². The number of amides is 1. The van der Waals surface area contributed by atoms with Crippen LogP contribution in [0.3, 0.4) is 0 Å². The number of anilines is 1. The minimum Gasteiger partial charge on any atom is -0.492 e. The highest BCUT2D eigenvalue weighted by atomic mass is 19.4. The molecule has 0 saturated carbocycles. The summed E-state index contributed by atoms with van der Waals surface area (Å²) in [5.41, 5.74) is 1.41. The van der Waals surface area contributed by atoms with Gasteiger partial charge in [-0.15, -0.1) is 0 Å². The van der Waals surface area contributed by atoms with Gasteiger partial charge in [-0.05, 0) is 76.4 Å². The maximum Gasteiger partial charge on any atom is 0.435 e. The first-order valence-electron chi connectivity index (χ1n) is 16.4. The molecule has 0 spiro atoms. The topological polar surface area (TPSA) is 111 Å². The van der Waals surface area contributed by atoms with Crippen LogP contribution in [0.5, 0.6) is 5.75 Å². The van der Waals surface area contributed by atoms with E-state index in [0.29, 0.717) is 37.2 Å². The van der Waals surface area contributed by atoms with Crippen LogP contribution >= 0.6 is 0 Å². The summed E-state index contributed by atoms with van der Waals surface area (Å²) in [5, 5.41) is 15.6. The first kappa shape index (κ1) is 34.3. The average Bonchev–Trinajstić information content (AvgIpc) is 3.67. The molecule has 4 aromatic rings. The van der Waals surface area contributed by atoms with Crippen molar-refractivity contribution in [2.45, 2.75) is 78.1 Å². The van der Waals surface area contributed by atoms with Gasteiger partial charge in [0.1, 0.15) is 17.2 Å². The van der Waals surface area contributed by atoms with Crippen molar-refractivity contribution in [3.05, 3.63) is 77.3 Å². The van der Waals surface area contributed by atoms with Gasteiger partial charge < -0.3 is 28.9 Å². The Bertz CT molecular complexity index is 1810. The number of alkyl halides is 3. The first-order valence-corrected chi connectivity index (χ1v) is 16.4. The van der Waals surface area contributed by atoms with Gasteiger partial charge in [0.2, 0.25) is 0 Å². The molecular weight excluding hydrogens is 639 g/mol. The number of pyridine rings is 1. The van der Waals surface area contributed by atoms with Crippen LogP contribution in [0.15, 0.2) is 49.2 Å². The van der Waals surface area contributed by atoms with Crippen LogP contribution in [0.4, 0.5) is 23.8 Å². The summed E-state index contributed by atoms with van der Waals surface area (Å²) < 4.78 is 57.4. The van der Waals surface area contributed by atoms with Crippen molar-refractivity contribution in [1.82, 2.24) is 29.2 Å². The molecule has 3 aromatic heterocycles. The molecule has 5 heterocycles. The molecule has 0 radical (unpaired) electrons. The van der Waals surface area contributed by atoms with Crippen LogP contribution in [0, 0.1) is 12.8 Å². The third-order valence-electron chi connectivity index (χ3n) is 8.85. The predicted octanol–water partition coefficient (Wildman–Crippen LogP) is 5.88. The van der Waals surface area contributed by atoms with Crippen molar-refractivity contribution in [1.29, 1.82) is 0 Å². The van der Waals surface area contributed by atoms with Gasteiger partial charge in [-0.25, -0.2) is 14.8 Å². The zero-order valence-electron chi connectivity index (χ0n) is 28.5. The van der Waals surface area contributed by atoms with Crippen molar-refractivity contribution in [2.24, 2.45) is 5.92 Å². The number of rotatable bonds is 8. The average molecular weight is 682 g/mol. The summed E-state index contributed by atoms with van der Waals surface area (Å²) in [4.78, 5) is 25.2. The first-order chi connectivity index (χ1) is 23.1. The van der Waals surface area contributed by atoms with E-state index in [1.54, 1.807) is 49.7 Å². The normalized spacial score (nSPS) is 18.1. The second-order valence-electron chi connectivity index (χ2n) is 13.9. The molecule has 0 unspecified atom stereocenters. The fourth-order valence-corrected chi connectivity index (χ4v) is 6.30. The van der Waals surface area contributed by atoms with E-state index in [4.69, 9.17) is 14.5 Å². The SMILES string of the molecule is CCn1cc(-c2cc(Cn3ccnc3)cc3c2OC[C@@H](Cc2cc(C)cc(N4CC(N(C)C(=O)OC(C)(C)C)C4)n2)[C@H]3O)c(C(F)(F)F)n1. The number of carbonyl (C=O) groups excluding carboxylic acids is 1. The summed E-state index contributed by atoms with van der Waals surface area (Å²) in [6.07, 6.45) is 0.703. The molecule has 49 heavy (non-hydrogen) atoms. The quantitative estimate of drug-likeness (QED) is 0.246. The minimum atomic E-state index is -4.69. The van der Waals surface area contributed by atoms with E-state index < -0.39 is 29.5 Å². The van der Waals surface area contributed by atoms with Crippen molar-refractivity contribution >= 4 is 11.9 Å². The number of aliphatic hydroxyl groups excluding tert-OH is 1. The van der Waals surface area contributed by atoms with E-state index in [1.807, 2.05) is 44.4 Å². The second-order valence-corrected chi connectivity index (χ2v) is 13.9. The molecule has 2 aliphatic heterocycles. The number of imidazole rings is 1. The Balaban J connectivity index is 1.25. The smallest absolute Gasteiger partial charge is 0.435 e. The molecule has 2 atom stereocenters. The zero-order chi connectivity index (χ0) is 35.2. The van der Waals surface area contributed by atoms with E-state index >= 15 is 0 Å².